The largest absolute Gasteiger partial charge is 0.399 e. The number of hydrogen-bond acceptors (Lipinski definition) is 3. The molecule has 1 aliphatic rings. The number of amides is 1. The molecule has 0 aliphatic heterocycles. The van der Waals surface area contributed by atoms with Gasteiger partial charge in [-0.3, -0.25) is 4.79 Å². The maximum Gasteiger partial charge on any atom is 0.253 e. The summed E-state index contributed by atoms with van der Waals surface area (Å²) in [5.41, 5.74) is 10.1. The lowest BCUT2D eigenvalue weighted by Gasteiger charge is -2.13. The molecule has 3 rings (SSSR count). The van der Waals surface area contributed by atoms with Gasteiger partial charge in [-0.15, -0.1) is 0 Å². The van der Waals surface area contributed by atoms with Crippen molar-refractivity contribution in [1.29, 1.82) is 0 Å². The molecule has 0 saturated heterocycles. The number of carbonyl (C=O) groups excluding carboxylic acids is 1. The number of benzene rings is 2. The quantitative estimate of drug-likeness (QED) is 0.667. The molecule has 4 N–H and O–H groups in total. The smallest absolute Gasteiger partial charge is 0.253 e. The maximum absolute atomic E-state index is 12.4. The molecular formula is C20H25N3O. The third-order valence-corrected chi connectivity index (χ3v) is 4.25. The van der Waals surface area contributed by atoms with Gasteiger partial charge in [-0.2, -0.15) is 0 Å². The fourth-order valence-electron chi connectivity index (χ4n) is 2.64. The summed E-state index contributed by atoms with van der Waals surface area (Å²) in [6, 6.07) is 14.1. The minimum atomic E-state index is -0.0631. The number of hydrogen-bond donors (Lipinski definition) is 3. The highest BCUT2D eigenvalue weighted by atomic mass is 16.1. The molecular weight excluding hydrogens is 298 g/mol. The van der Waals surface area contributed by atoms with Crippen LogP contribution in [0.1, 0.15) is 48.5 Å². The van der Waals surface area contributed by atoms with Crippen LogP contribution in [0.5, 0.6) is 0 Å². The van der Waals surface area contributed by atoms with Crippen LogP contribution in [0.3, 0.4) is 0 Å². The van der Waals surface area contributed by atoms with Gasteiger partial charge in [0.2, 0.25) is 0 Å². The molecule has 1 saturated carbocycles. The number of unbranched alkanes of at least 4 members (excludes halogenated alkanes) is 1. The normalized spacial score (nSPS) is 13.5. The van der Waals surface area contributed by atoms with E-state index in [1.165, 1.54) is 18.4 Å². The van der Waals surface area contributed by atoms with E-state index in [4.69, 9.17) is 5.73 Å². The molecule has 0 aromatic heterocycles. The molecule has 126 valence electrons. The van der Waals surface area contributed by atoms with Gasteiger partial charge < -0.3 is 16.4 Å². The number of aryl methyl sites for hydroxylation is 1. The highest BCUT2D eigenvalue weighted by molar-refractivity contribution is 6.01. The summed E-state index contributed by atoms with van der Waals surface area (Å²) >= 11 is 0. The molecule has 24 heavy (non-hydrogen) atoms. The highest BCUT2D eigenvalue weighted by Gasteiger charge is 2.25. The molecule has 1 amide bonds. The summed E-state index contributed by atoms with van der Waals surface area (Å²) < 4.78 is 0. The number of carbonyl (C=O) groups is 1. The second-order valence-electron chi connectivity index (χ2n) is 6.48. The Morgan fingerprint density at radius 2 is 1.92 bits per heavy atom. The molecule has 0 heterocycles. The summed E-state index contributed by atoms with van der Waals surface area (Å²) in [6.07, 6.45) is 5.64. The zero-order valence-corrected chi connectivity index (χ0v) is 14.1. The van der Waals surface area contributed by atoms with Gasteiger partial charge in [-0.1, -0.05) is 25.5 Å². The van der Waals surface area contributed by atoms with E-state index in [0.29, 0.717) is 17.3 Å². The average molecular weight is 323 g/mol. The van der Waals surface area contributed by atoms with Crippen molar-refractivity contribution in [1.82, 2.24) is 5.32 Å². The lowest BCUT2D eigenvalue weighted by molar-refractivity contribution is 0.0952. The summed E-state index contributed by atoms with van der Waals surface area (Å²) in [6.45, 7) is 2.20. The Bertz CT molecular complexity index is 705. The van der Waals surface area contributed by atoms with Crippen LogP contribution in [-0.2, 0) is 6.42 Å². The van der Waals surface area contributed by atoms with Crippen LogP contribution < -0.4 is 16.4 Å². The fraction of sp³-hybridized carbons (Fsp3) is 0.350. The number of rotatable bonds is 7. The van der Waals surface area contributed by atoms with Gasteiger partial charge >= 0.3 is 0 Å². The molecule has 4 nitrogen and oxygen atoms in total. The Morgan fingerprint density at radius 3 is 2.58 bits per heavy atom. The molecule has 0 bridgehead atoms. The lowest BCUT2D eigenvalue weighted by atomic mass is 10.1. The van der Waals surface area contributed by atoms with E-state index in [1.54, 1.807) is 6.07 Å². The molecule has 0 unspecified atom stereocenters. The van der Waals surface area contributed by atoms with Gasteiger partial charge in [0.25, 0.3) is 5.91 Å². The highest BCUT2D eigenvalue weighted by Crippen LogP contribution is 2.26. The van der Waals surface area contributed by atoms with Crippen LogP contribution in [-0.4, -0.2) is 11.9 Å². The van der Waals surface area contributed by atoms with Gasteiger partial charge in [0.05, 0.1) is 11.3 Å². The van der Waals surface area contributed by atoms with Gasteiger partial charge in [0, 0.05) is 17.4 Å². The van der Waals surface area contributed by atoms with Crippen molar-refractivity contribution in [3.63, 3.8) is 0 Å². The SMILES string of the molecule is CCCCc1ccc(Nc2ccc(N)cc2C(=O)NC2CC2)cc1. The second kappa shape index (κ2) is 7.39. The summed E-state index contributed by atoms with van der Waals surface area (Å²) in [4.78, 5) is 12.4. The molecule has 4 heteroatoms. The van der Waals surface area contributed by atoms with Crippen molar-refractivity contribution >= 4 is 23.0 Å². The summed E-state index contributed by atoms with van der Waals surface area (Å²) in [5.74, 6) is -0.0631. The number of nitrogens with two attached hydrogens (primary N) is 1. The molecule has 0 atom stereocenters. The van der Waals surface area contributed by atoms with Crippen molar-refractivity contribution in [2.75, 3.05) is 11.1 Å². The molecule has 1 fully saturated rings. The van der Waals surface area contributed by atoms with Gasteiger partial charge in [-0.25, -0.2) is 0 Å². The van der Waals surface area contributed by atoms with Crippen LogP contribution in [0.25, 0.3) is 0 Å². The Morgan fingerprint density at radius 1 is 1.17 bits per heavy atom. The van der Waals surface area contributed by atoms with Crippen LogP contribution in [0, 0.1) is 0 Å². The van der Waals surface area contributed by atoms with E-state index in [0.717, 1.165) is 30.6 Å². The predicted octanol–water partition coefficient (Wildman–Crippen LogP) is 4.25. The monoisotopic (exact) mass is 323 g/mol. The minimum absolute atomic E-state index is 0.0631. The van der Waals surface area contributed by atoms with Crippen molar-refractivity contribution in [2.45, 2.75) is 45.1 Å². The van der Waals surface area contributed by atoms with E-state index in [-0.39, 0.29) is 5.91 Å². The van der Waals surface area contributed by atoms with Gasteiger partial charge in [0.15, 0.2) is 0 Å². The lowest BCUT2D eigenvalue weighted by Crippen LogP contribution is -2.26. The third kappa shape index (κ3) is 4.28. The first-order chi connectivity index (χ1) is 11.7. The van der Waals surface area contributed by atoms with E-state index < -0.39 is 0 Å². The first kappa shape index (κ1) is 16.4. The van der Waals surface area contributed by atoms with Crippen LogP contribution in [0.2, 0.25) is 0 Å². The topological polar surface area (TPSA) is 67.1 Å². The number of nitrogen functional groups attached to an aromatic ring is 1. The van der Waals surface area contributed by atoms with Crippen molar-refractivity contribution in [3.8, 4) is 0 Å². The number of nitrogens with one attached hydrogen (secondary N) is 2. The van der Waals surface area contributed by atoms with Crippen LogP contribution in [0.15, 0.2) is 42.5 Å². The first-order valence-corrected chi connectivity index (χ1v) is 8.72. The van der Waals surface area contributed by atoms with E-state index >= 15 is 0 Å². The Balaban J connectivity index is 1.75. The van der Waals surface area contributed by atoms with Crippen molar-refractivity contribution in [3.05, 3.63) is 53.6 Å². The molecule has 2 aromatic carbocycles. The summed E-state index contributed by atoms with van der Waals surface area (Å²) in [7, 11) is 0. The molecule has 0 radical (unpaired) electrons. The average Bonchev–Trinajstić information content (AvgIpc) is 3.39. The molecule has 0 spiro atoms. The second-order valence-corrected chi connectivity index (χ2v) is 6.48. The van der Waals surface area contributed by atoms with Gasteiger partial charge in [-0.05, 0) is 61.6 Å². The summed E-state index contributed by atoms with van der Waals surface area (Å²) in [5, 5.41) is 6.36. The maximum atomic E-state index is 12.4. The van der Waals surface area contributed by atoms with Crippen LogP contribution >= 0.6 is 0 Å². The van der Waals surface area contributed by atoms with Gasteiger partial charge in [0.1, 0.15) is 0 Å². The van der Waals surface area contributed by atoms with Crippen molar-refractivity contribution in [2.24, 2.45) is 0 Å². The Kier molecular flexibility index (Phi) is 5.04. The van der Waals surface area contributed by atoms with Crippen LogP contribution in [0.4, 0.5) is 17.1 Å². The van der Waals surface area contributed by atoms with E-state index in [1.807, 2.05) is 12.1 Å². The fourth-order valence-corrected chi connectivity index (χ4v) is 2.64. The Labute approximate surface area is 143 Å². The first-order valence-electron chi connectivity index (χ1n) is 8.72. The standard InChI is InChI=1S/C20H25N3O/c1-2-3-4-14-5-8-16(9-6-14)22-19-12-7-15(21)13-18(19)20(24)23-17-10-11-17/h5-9,12-13,17,22H,2-4,10-11,21H2,1H3,(H,23,24). The minimum Gasteiger partial charge on any atom is -0.399 e. The Hall–Kier alpha value is -2.49. The molecule has 1 aliphatic carbocycles. The zero-order valence-electron chi connectivity index (χ0n) is 14.1. The van der Waals surface area contributed by atoms with E-state index in [9.17, 15) is 4.79 Å². The van der Waals surface area contributed by atoms with E-state index in [2.05, 4.69) is 41.8 Å². The third-order valence-electron chi connectivity index (χ3n) is 4.25. The zero-order chi connectivity index (χ0) is 16.9. The number of anilines is 3. The van der Waals surface area contributed by atoms with Crippen molar-refractivity contribution < 1.29 is 4.79 Å². The molecule has 2 aromatic rings. The predicted molar refractivity (Wildman–Crippen MR) is 99.7 cm³/mol.